The molecule has 0 aliphatic carbocycles. The van der Waals surface area contributed by atoms with E-state index in [9.17, 15) is 14.3 Å². The second-order valence-corrected chi connectivity index (χ2v) is 5.03. The summed E-state index contributed by atoms with van der Waals surface area (Å²) in [6.45, 7) is 0. The summed E-state index contributed by atoms with van der Waals surface area (Å²) in [5.74, 6) is -1.56. The monoisotopic (exact) mass is 343 g/mol. The number of phenols is 1. The third kappa shape index (κ3) is 3.24. The number of aromatic hydroxyl groups is 1. The molecule has 3 nitrogen and oxygen atoms in total. The maximum absolute atomic E-state index is 12.8. The number of carbonyl (C=O) groups is 1. The molecule has 19 heavy (non-hydrogen) atoms. The zero-order valence-electron chi connectivity index (χ0n) is 9.45. The van der Waals surface area contributed by atoms with Gasteiger partial charge in [-0.05, 0) is 46.3 Å². The smallest absolute Gasteiger partial charge is 0.259 e. The molecule has 0 bridgehead atoms. The van der Waals surface area contributed by atoms with Crippen molar-refractivity contribution >= 4 is 39.1 Å². The van der Waals surface area contributed by atoms with Crippen LogP contribution in [0.2, 0.25) is 5.02 Å². The minimum Gasteiger partial charge on any atom is -0.507 e. The number of amides is 1. The van der Waals surface area contributed by atoms with Gasteiger partial charge in [-0.3, -0.25) is 4.79 Å². The van der Waals surface area contributed by atoms with E-state index in [1.807, 2.05) is 0 Å². The lowest BCUT2D eigenvalue weighted by molar-refractivity contribution is 0.102. The van der Waals surface area contributed by atoms with E-state index in [1.54, 1.807) is 18.2 Å². The van der Waals surface area contributed by atoms with Gasteiger partial charge >= 0.3 is 0 Å². The van der Waals surface area contributed by atoms with Gasteiger partial charge in [-0.25, -0.2) is 4.39 Å². The van der Waals surface area contributed by atoms with Crippen molar-refractivity contribution in [1.29, 1.82) is 0 Å². The number of benzene rings is 2. The molecule has 0 saturated carbocycles. The maximum atomic E-state index is 12.8. The zero-order valence-corrected chi connectivity index (χ0v) is 11.8. The summed E-state index contributed by atoms with van der Waals surface area (Å²) in [7, 11) is 0. The Morgan fingerprint density at radius 2 is 2.00 bits per heavy atom. The van der Waals surface area contributed by atoms with Crippen LogP contribution < -0.4 is 5.32 Å². The highest BCUT2D eigenvalue weighted by Gasteiger charge is 2.13. The van der Waals surface area contributed by atoms with Crippen LogP contribution in [0.15, 0.2) is 40.9 Å². The number of halogens is 3. The van der Waals surface area contributed by atoms with Gasteiger partial charge in [0.05, 0.1) is 11.3 Å². The minimum absolute atomic E-state index is 0.0109. The summed E-state index contributed by atoms with van der Waals surface area (Å²) >= 11 is 9.05. The Balaban J connectivity index is 2.25. The highest BCUT2D eigenvalue weighted by atomic mass is 79.9. The van der Waals surface area contributed by atoms with Crippen LogP contribution in [-0.2, 0) is 0 Å². The Kier molecular flexibility index (Phi) is 4.07. The summed E-state index contributed by atoms with van der Waals surface area (Å²) in [5.41, 5.74) is 0.487. The minimum atomic E-state index is -0.610. The van der Waals surface area contributed by atoms with Gasteiger partial charge in [-0.2, -0.15) is 0 Å². The van der Waals surface area contributed by atoms with Crippen molar-refractivity contribution in [3.63, 3.8) is 0 Å². The van der Waals surface area contributed by atoms with E-state index in [-0.39, 0.29) is 5.56 Å². The van der Waals surface area contributed by atoms with Crippen molar-refractivity contribution < 1.29 is 14.3 Å². The van der Waals surface area contributed by atoms with Crippen molar-refractivity contribution in [2.45, 2.75) is 0 Å². The average molecular weight is 345 g/mol. The van der Waals surface area contributed by atoms with Gasteiger partial charge in [0.1, 0.15) is 11.6 Å². The highest BCUT2D eigenvalue weighted by Crippen LogP contribution is 2.27. The summed E-state index contributed by atoms with van der Waals surface area (Å²) < 4.78 is 13.4. The molecule has 0 spiro atoms. The lowest BCUT2D eigenvalue weighted by Crippen LogP contribution is -2.12. The Bertz CT molecular complexity index is 649. The number of phenolic OH excluding ortho intramolecular Hbond substituents is 1. The van der Waals surface area contributed by atoms with E-state index < -0.39 is 17.5 Å². The standard InChI is InChI=1S/C13H8BrClFNO2/c14-10-5-7(15)1-4-11(10)17-13(19)9-3-2-8(16)6-12(9)18/h1-6,18H,(H,17,19). The molecule has 2 rings (SSSR count). The van der Waals surface area contributed by atoms with Crippen LogP contribution in [0.3, 0.4) is 0 Å². The molecule has 0 aromatic heterocycles. The number of hydrogen-bond donors (Lipinski definition) is 2. The highest BCUT2D eigenvalue weighted by molar-refractivity contribution is 9.10. The van der Waals surface area contributed by atoms with E-state index in [0.29, 0.717) is 15.2 Å². The first kappa shape index (κ1) is 13.8. The molecule has 0 aliphatic heterocycles. The summed E-state index contributed by atoms with van der Waals surface area (Å²) in [6, 6.07) is 8.06. The second kappa shape index (κ2) is 5.59. The molecule has 0 heterocycles. The van der Waals surface area contributed by atoms with Crippen molar-refractivity contribution in [3.8, 4) is 5.75 Å². The molecule has 2 aromatic rings. The van der Waals surface area contributed by atoms with Crippen LogP contribution in [0.25, 0.3) is 0 Å². The van der Waals surface area contributed by atoms with Gasteiger partial charge < -0.3 is 10.4 Å². The van der Waals surface area contributed by atoms with E-state index in [2.05, 4.69) is 21.2 Å². The second-order valence-electron chi connectivity index (χ2n) is 3.74. The third-order valence-electron chi connectivity index (χ3n) is 2.38. The average Bonchev–Trinajstić information content (AvgIpc) is 2.32. The van der Waals surface area contributed by atoms with Crippen LogP contribution in [-0.4, -0.2) is 11.0 Å². The van der Waals surface area contributed by atoms with Crippen LogP contribution in [0, 0.1) is 5.82 Å². The molecule has 0 saturated heterocycles. The maximum Gasteiger partial charge on any atom is 0.259 e. The van der Waals surface area contributed by atoms with Crippen LogP contribution >= 0.6 is 27.5 Å². The summed E-state index contributed by atoms with van der Waals surface area (Å²) in [5, 5.41) is 12.6. The Hall–Kier alpha value is -1.59. The number of hydrogen-bond acceptors (Lipinski definition) is 2. The molecule has 0 aliphatic rings. The third-order valence-corrected chi connectivity index (χ3v) is 3.27. The summed E-state index contributed by atoms with van der Waals surface area (Å²) in [6.07, 6.45) is 0. The number of rotatable bonds is 2. The van der Waals surface area contributed by atoms with Crippen molar-refractivity contribution in [2.75, 3.05) is 5.32 Å². The normalized spacial score (nSPS) is 10.3. The van der Waals surface area contributed by atoms with Gasteiger partial charge in [-0.1, -0.05) is 11.6 Å². The van der Waals surface area contributed by atoms with Crippen molar-refractivity contribution in [2.24, 2.45) is 0 Å². The molecule has 98 valence electrons. The molecule has 0 fully saturated rings. The number of carbonyl (C=O) groups excluding carboxylic acids is 1. The first-order chi connectivity index (χ1) is 8.97. The molecule has 0 atom stereocenters. The molecule has 6 heteroatoms. The first-order valence-electron chi connectivity index (χ1n) is 5.22. The number of anilines is 1. The van der Waals surface area contributed by atoms with E-state index in [1.165, 1.54) is 6.07 Å². The molecular weight excluding hydrogens is 337 g/mol. The Morgan fingerprint density at radius 1 is 1.26 bits per heavy atom. The quantitative estimate of drug-likeness (QED) is 0.858. The first-order valence-corrected chi connectivity index (χ1v) is 6.39. The Labute approximate surface area is 122 Å². The molecule has 0 radical (unpaired) electrons. The molecule has 1 amide bonds. The van der Waals surface area contributed by atoms with Gasteiger partial charge in [0.2, 0.25) is 0 Å². The Morgan fingerprint density at radius 3 is 2.63 bits per heavy atom. The van der Waals surface area contributed by atoms with Crippen LogP contribution in [0.4, 0.5) is 10.1 Å². The van der Waals surface area contributed by atoms with E-state index in [0.717, 1.165) is 12.1 Å². The fraction of sp³-hybridized carbons (Fsp3) is 0. The fourth-order valence-corrected chi connectivity index (χ4v) is 2.26. The fourth-order valence-electron chi connectivity index (χ4n) is 1.48. The largest absolute Gasteiger partial charge is 0.507 e. The van der Waals surface area contributed by atoms with E-state index in [4.69, 9.17) is 11.6 Å². The number of nitrogens with one attached hydrogen (secondary N) is 1. The van der Waals surface area contributed by atoms with Gasteiger partial charge in [0.25, 0.3) is 5.91 Å². The molecule has 0 unspecified atom stereocenters. The van der Waals surface area contributed by atoms with Gasteiger partial charge in [0, 0.05) is 15.6 Å². The SMILES string of the molecule is O=C(Nc1ccc(Cl)cc1Br)c1ccc(F)cc1O. The molecule has 2 aromatic carbocycles. The van der Waals surface area contributed by atoms with Gasteiger partial charge in [0.15, 0.2) is 0 Å². The van der Waals surface area contributed by atoms with E-state index >= 15 is 0 Å². The summed E-state index contributed by atoms with van der Waals surface area (Å²) in [4.78, 5) is 11.9. The zero-order chi connectivity index (χ0) is 14.0. The van der Waals surface area contributed by atoms with Crippen molar-refractivity contribution in [3.05, 3.63) is 57.3 Å². The van der Waals surface area contributed by atoms with Crippen LogP contribution in [0.1, 0.15) is 10.4 Å². The molecule has 2 N–H and O–H groups in total. The topological polar surface area (TPSA) is 49.3 Å². The van der Waals surface area contributed by atoms with Crippen LogP contribution in [0.5, 0.6) is 5.75 Å². The lowest BCUT2D eigenvalue weighted by Gasteiger charge is -2.09. The van der Waals surface area contributed by atoms with Gasteiger partial charge in [-0.15, -0.1) is 0 Å². The lowest BCUT2D eigenvalue weighted by atomic mass is 10.2. The predicted octanol–water partition coefficient (Wildman–Crippen LogP) is 4.20. The predicted molar refractivity (Wildman–Crippen MR) is 75.2 cm³/mol. The van der Waals surface area contributed by atoms with Crippen molar-refractivity contribution in [1.82, 2.24) is 0 Å². The molecular formula is C13H8BrClFNO2.